The molecule has 6 nitrogen and oxygen atoms in total. The predicted octanol–water partition coefficient (Wildman–Crippen LogP) is 1.00. The maximum absolute atomic E-state index is 12.1. The fourth-order valence-corrected chi connectivity index (χ4v) is 2.40. The monoisotopic (exact) mass is 264 g/mol. The number of esters is 1. The summed E-state index contributed by atoms with van der Waals surface area (Å²) in [6.45, 7) is 0. The summed E-state index contributed by atoms with van der Waals surface area (Å²) in [5.41, 5.74) is -1.08. The zero-order valence-electron chi connectivity index (χ0n) is 10.7. The SMILES string of the molecule is COC(=O)C1(NC(=O)c2ncccc2O)CCCC1. The summed E-state index contributed by atoms with van der Waals surface area (Å²) in [5, 5.41) is 12.3. The van der Waals surface area contributed by atoms with Gasteiger partial charge in [0.25, 0.3) is 5.91 Å². The zero-order chi connectivity index (χ0) is 13.9. The van der Waals surface area contributed by atoms with E-state index in [4.69, 9.17) is 4.74 Å². The van der Waals surface area contributed by atoms with Gasteiger partial charge in [0.2, 0.25) is 0 Å². The maximum Gasteiger partial charge on any atom is 0.331 e. The Labute approximate surface area is 110 Å². The second kappa shape index (κ2) is 5.26. The van der Waals surface area contributed by atoms with E-state index in [2.05, 4.69) is 10.3 Å². The lowest BCUT2D eigenvalue weighted by atomic mass is 9.97. The molecule has 2 N–H and O–H groups in total. The number of methoxy groups -OCH3 is 1. The van der Waals surface area contributed by atoms with E-state index in [0.29, 0.717) is 12.8 Å². The summed E-state index contributed by atoms with van der Waals surface area (Å²) < 4.78 is 4.77. The first-order valence-electron chi connectivity index (χ1n) is 6.14. The van der Waals surface area contributed by atoms with Crippen molar-refractivity contribution in [3.63, 3.8) is 0 Å². The highest BCUT2D eigenvalue weighted by molar-refractivity contribution is 5.98. The molecule has 0 bridgehead atoms. The van der Waals surface area contributed by atoms with Gasteiger partial charge in [-0.15, -0.1) is 0 Å². The van der Waals surface area contributed by atoms with Gasteiger partial charge in [-0.25, -0.2) is 9.78 Å². The van der Waals surface area contributed by atoms with Gasteiger partial charge in [-0.1, -0.05) is 12.8 Å². The Morgan fingerprint density at radius 2 is 2.11 bits per heavy atom. The molecule has 0 atom stereocenters. The first-order chi connectivity index (χ1) is 9.09. The van der Waals surface area contributed by atoms with Crippen molar-refractivity contribution in [2.75, 3.05) is 7.11 Å². The molecule has 1 amide bonds. The lowest BCUT2D eigenvalue weighted by molar-refractivity contribution is -0.148. The fraction of sp³-hybridized carbons (Fsp3) is 0.462. The molecule has 1 aliphatic rings. The molecule has 1 saturated carbocycles. The summed E-state index contributed by atoms with van der Waals surface area (Å²) in [7, 11) is 1.30. The maximum atomic E-state index is 12.1. The number of aromatic hydroxyl groups is 1. The van der Waals surface area contributed by atoms with Crippen molar-refractivity contribution in [2.45, 2.75) is 31.2 Å². The van der Waals surface area contributed by atoms with Gasteiger partial charge in [-0.05, 0) is 25.0 Å². The van der Waals surface area contributed by atoms with Gasteiger partial charge >= 0.3 is 5.97 Å². The first-order valence-corrected chi connectivity index (χ1v) is 6.14. The van der Waals surface area contributed by atoms with Gasteiger partial charge < -0.3 is 15.2 Å². The van der Waals surface area contributed by atoms with Gasteiger partial charge in [-0.3, -0.25) is 4.79 Å². The minimum absolute atomic E-state index is 0.0855. The van der Waals surface area contributed by atoms with Crippen molar-refractivity contribution in [2.24, 2.45) is 0 Å². The van der Waals surface area contributed by atoms with Crippen LogP contribution in [0.1, 0.15) is 36.2 Å². The smallest absolute Gasteiger partial charge is 0.331 e. The van der Waals surface area contributed by atoms with Crippen molar-refractivity contribution in [1.29, 1.82) is 0 Å². The number of aromatic nitrogens is 1. The molecule has 1 heterocycles. The van der Waals surface area contributed by atoms with Gasteiger partial charge in [0.05, 0.1) is 7.11 Å². The number of ether oxygens (including phenoxy) is 1. The summed E-state index contributed by atoms with van der Waals surface area (Å²) in [4.78, 5) is 27.8. The second-order valence-electron chi connectivity index (χ2n) is 4.61. The molecule has 0 saturated heterocycles. The van der Waals surface area contributed by atoms with Crippen molar-refractivity contribution < 1.29 is 19.4 Å². The quantitative estimate of drug-likeness (QED) is 0.795. The number of pyridine rings is 1. The molecule has 0 radical (unpaired) electrons. The van der Waals surface area contributed by atoms with E-state index in [1.807, 2.05) is 0 Å². The number of rotatable bonds is 3. The molecule has 1 aromatic heterocycles. The molecule has 19 heavy (non-hydrogen) atoms. The lowest BCUT2D eigenvalue weighted by Crippen LogP contribution is -2.53. The highest BCUT2D eigenvalue weighted by atomic mass is 16.5. The molecule has 2 rings (SSSR count). The highest BCUT2D eigenvalue weighted by Crippen LogP contribution is 2.31. The number of hydrogen-bond acceptors (Lipinski definition) is 5. The molecule has 1 aromatic rings. The van der Waals surface area contributed by atoms with Crippen LogP contribution in [0, 0.1) is 0 Å². The number of amides is 1. The fourth-order valence-electron chi connectivity index (χ4n) is 2.40. The number of nitrogens with zero attached hydrogens (tertiary/aromatic N) is 1. The highest BCUT2D eigenvalue weighted by Gasteiger charge is 2.44. The van der Waals surface area contributed by atoms with E-state index in [1.54, 1.807) is 0 Å². The molecule has 0 spiro atoms. The third-order valence-electron chi connectivity index (χ3n) is 3.39. The minimum atomic E-state index is -0.990. The van der Waals surface area contributed by atoms with Gasteiger partial charge in [0, 0.05) is 6.20 Å². The Morgan fingerprint density at radius 3 is 2.68 bits per heavy atom. The van der Waals surface area contributed by atoms with E-state index in [1.165, 1.54) is 25.4 Å². The third kappa shape index (κ3) is 2.52. The largest absolute Gasteiger partial charge is 0.505 e. The van der Waals surface area contributed by atoms with E-state index < -0.39 is 17.4 Å². The molecule has 0 aromatic carbocycles. The molecular weight excluding hydrogens is 248 g/mol. The van der Waals surface area contributed by atoms with Crippen LogP contribution >= 0.6 is 0 Å². The second-order valence-corrected chi connectivity index (χ2v) is 4.61. The Kier molecular flexibility index (Phi) is 3.69. The molecule has 102 valence electrons. The van der Waals surface area contributed by atoms with Crippen LogP contribution < -0.4 is 5.32 Å². The Bertz CT molecular complexity index is 495. The van der Waals surface area contributed by atoms with Gasteiger partial charge in [0.15, 0.2) is 5.69 Å². The molecule has 0 unspecified atom stereocenters. The van der Waals surface area contributed by atoms with Crippen LogP contribution in [-0.2, 0) is 9.53 Å². The first kappa shape index (κ1) is 13.3. The summed E-state index contributed by atoms with van der Waals surface area (Å²) >= 11 is 0. The van der Waals surface area contributed by atoms with Crippen LogP contribution in [0.25, 0.3) is 0 Å². The zero-order valence-corrected chi connectivity index (χ0v) is 10.7. The van der Waals surface area contributed by atoms with Crippen LogP contribution in [-0.4, -0.2) is 34.6 Å². The molecule has 6 heteroatoms. The standard InChI is InChI=1S/C13H16N2O4/c1-19-12(18)13(6-2-3-7-13)15-11(17)10-9(16)5-4-8-14-10/h4-5,8,16H,2-3,6-7H2,1H3,(H,15,17). The lowest BCUT2D eigenvalue weighted by Gasteiger charge is -2.26. The number of carbonyl (C=O) groups excluding carboxylic acids is 2. The summed E-state index contributed by atoms with van der Waals surface area (Å²) in [5.74, 6) is -1.22. The minimum Gasteiger partial charge on any atom is -0.505 e. The van der Waals surface area contributed by atoms with Crippen LogP contribution in [0.5, 0.6) is 5.75 Å². The Hall–Kier alpha value is -2.11. The van der Waals surface area contributed by atoms with Crippen LogP contribution in [0.3, 0.4) is 0 Å². The van der Waals surface area contributed by atoms with Crippen molar-refractivity contribution >= 4 is 11.9 Å². The number of nitrogens with one attached hydrogen (secondary N) is 1. The van der Waals surface area contributed by atoms with Crippen LogP contribution in [0.15, 0.2) is 18.3 Å². The summed E-state index contributed by atoms with van der Waals surface area (Å²) in [6.07, 6.45) is 4.19. The number of hydrogen-bond donors (Lipinski definition) is 2. The average molecular weight is 264 g/mol. The Balaban J connectivity index is 2.21. The molecule has 0 aliphatic heterocycles. The normalized spacial score (nSPS) is 16.9. The predicted molar refractivity (Wildman–Crippen MR) is 66.6 cm³/mol. The van der Waals surface area contributed by atoms with E-state index in [0.717, 1.165) is 12.8 Å². The van der Waals surface area contributed by atoms with E-state index in [-0.39, 0.29) is 11.4 Å². The summed E-state index contributed by atoms with van der Waals surface area (Å²) in [6, 6.07) is 2.90. The molecule has 1 fully saturated rings. The van der Waals surface area contributed by atoms with Gasteiger partial charge in [-0.2, -0.15) is 0 Å². The molecule has 1 aliphatic carbocycles. The van der Waals surface area contributed by atoms with Crippen molar-refractivity contribution in [1.82, 2.24) is 10.3 Å². The van der Waals surface area contributed by atoms with Gasteiger partial charge in [0.1, 0.15) is 11.3 Å². The average Bonchev–Trinajstić information content (AvgIpc) is 2.88. The molecular formula is C13H16N2O4. The Morgan fingerprint density at radius 1 is 1.42 bits per heavy atom. The van der Waals surface area contributed by atoms with Crippen molar-refractivity contribution in [3.8, 4) is 5.75 Å². The third-order valence-corrected chi connectivity index (χ3v) is 3.39. The van der Waals surface area contributed by atoms with E-state index in [9.17, 15) is 14.7 Å². The number of carbonyl (C=O) groups is 2. The van der Waals surface area contributed by atoms with Crippen LogP contribution in [0.2, 0.25) is 0 Å². The topological polar surface area (TPSA) is 88.5 Å². The van der Waals surface area contributed by atoms with Crippen molar-refractivity contribution in [3.05, 3.63) is 24.0 Å². The van der Waals surface area contributed by atoms with Crippen LogP contribution in [0.4, 0.5) is 0 Å². The van der Waals surface area contributed by atoms with E-state index >= 15 is 0 Å².